The van der Waals surface area contributed by atoms with Gasteiger partial charge in [-0.05, 0) is 25.7 Å². The zero-order chi connectivity index (χ0) is 17.3. The molecule has 2 aromatic heterocycles. The molecule has 8 nitrogen and oxygen atoms in total. The molecule has 4 rings (SSSR count). The van der Waals surface area contributed by atoms with Crippen LogP contribution in [0.1, 0.15) is 32.1 Å². The Morgan fingerprint density at radius 3 is 3.04 bits per heavy atom. The standard InChI is InChI=1S/C17H24N6O2/c24-8-2-7-22-9-17(5-3-13(22)25)4-1-6-23(10-17)16-14-15(19-11-18-14)20-12-21-16/h11-12,24H,1-10H2,(H,18,19,20,21)/t17-/m0/s1. The van der Waals surface area contributed by atoms with Crippen LogP contribution in [-0.2, 0) is 4.79 Å². The highest BCUT2D eigenvalue weighted by Gasteiger charge is 2.42. The molecule has 25 heavy (non-hydrogen) atoms. The van der Waals surface area contributed by atoms with Gasteiger partial charge in [0.15, 0.2) is 11.5 Å². The maximum Gasteiger partial charge on any atom is 0.222 e. The van der Waals surface area contributed by atoms with Crippen LogP contribution >= 0.6 is 0 Å². The third-order valence-electron chi connectivity index (χ3n) is 5.50. The van der Waals surface area contributed by atoms with E-state index in [0.29, 0.717) is 25.0 Å². The molecule has 4 heterocycles. The number of rotatable bonds is 4. The SMILES string of the molecule is O=C1CC[C@@]2(CCCN(c3ncnc4nc[nH]c34)C2)CN1CCCO. The molecule has 2 saturated heterocycles. The van der Waals surface area contributed by atoms with E-state index >= 15 is 0 Å². The predicted octanol–water partition coefficient (Wildman–Crippen LogP) is 0.944. The monoisotopic (exact) mass is 344 g/mol. The smallest absolute Gasteiger partial charge is 0.222 e. The number of piperidine rings is 2. The van der Waals surface area contributed by atoms with Gasteiger partial charge in [0.2, 0.25) is 5.91 Å². The number of aliphatic hydroxyl groups excluding tert-OH is 1. The Kier molecular flexibility index (Phi) is 4.29. The first-order valence-corrected chi connectivity index (χ1v) is 8.98. The number of nitrogens with zero attached hydrogens (tertiary/aromatic N) is 5. The Morgan fingerprint density at radius 1 is 1.24 bits per heavy atom. The number of nitrogens with one attached hydrogen (secondary N) is 1. The number of amides is 1. The van der Waals surface area contributed by atoms with Gasteiger partial charge in [-0.15, -0.1) is 0 Å². The van der Waals surface area contributed by atoms with Gasteiger partial charge in [0, 0.05) is 44.6 Å². The van der Waals surface area contributed by atoms with E-state index in [1.807, 2.05) is 4.90 Å². The van der Waals surface area contributed by atoms with Crippen molar-refractivity contribution in [3.8, 4) is 0 Å². The largest absolute Gasteiger partial charge is 0.396 e. The van der Waals surface area contributed by atoms with Gasteiger partial charge in [-0.2, -0.15) is 0 Å². The summed E-state index contributed by atoms with van der Waals surface area (Å²) in [6, 6.07) is 0. The lowest BCUT2D eigenvalue weighted by Crippen LogP contribution is -2.54. The molecule has 1 spiro atoms. The van der Waals surface area contributed by atoms with Gasteiger partial charge in [-0.3, -0.25) is 4.79 Å². The van der Waals surface area contributed by atoms with Crippen molar-refractivity contribution in [3.05, 3.63) is 12.7 Å². The number of aromatic nitrogens is 4. The van der Waals surface area contributed by atoms with E-state index in [1.165, 1.54) is 0 Å². The molecule has 0 radical (unpaired) electrons. The highest BCUT2D eigenvalue weighted by molar-refractivity contribution is 5.82. The highest BCUT2D eigenvalue weighted by atomic mass is 16.3. The first-order valence-electron chi connectivity index (χ1n) is 8.98. The maximum absolute atomic E-state index is 12.2. The highest BCUT2D eigenvalue weighted by Crippen LogP contribution is 2.40. The van der Waals surface area contributed by atoms with E-state index in [4.69, 9.17) is 5.11 Å². The van der Waals surface area contributed by atoms with Crippen molar-refractivity contribution in [2.75, 3.05) is 37.7 Å². The van der Waals surface area contributed by atoms with Gasteiger partial charge in [0.25, 0.3) is 0 Å². The number of imidazole rings is 1. The molecule has 0 aromatic carbocycles. The number of likely N-dealkylation sites (tertiary alicyclic amines) is 1. The summed E-state index contributed by atoms with van der Waals surface area (Å²) in [5.41, 5.74) is 1.68. The zero-order valence-electron chi connectivity index (χ0n) is 14.3. The lowest BCUT2D eigenvalue weighted by Gasteiger charge is -2.48. The quantitative estimate of drug-likeness (QED) is 0.857. The number of aliphatic hydroxyl groups is 1. The molecule has 2 fully saturated rings. The van der Waals surface area contributed by atoms with Crippen molar-refractivity contribution in [3.63, 3.8) is 0 Å². The average Bonchev–Trinajstić information content (AvgIpc) is 3.11. The third-order valence-corrected chi connectivity index (χ3v) is 5.50. The second-order valence-corrected chi connectivity index (χ2v) is 7.22. The Morgan fingerprint density at radius 2 is 2.16 bits per heavy atom. The summed E-state index contributed by atoms with van der Waals surface area (Å²) in [6.07, 6.45) is 7.60. The van der Waals surface area contributed by atoms with E-state index in [0.717, 1.165) is 50.2 Å². The number of hydrogen-bond acceptors (Lipinski definition) is 6. The summed E-state index contributed by atoms with van der Waals surface area (Å²) >= 11 is 0. The van der Waals surface area contributed by atoms with E-state index in [1.54, 1.807) is 12.7 Å². The molecule has 0 saturated carbocycles. The van der Waals surface area contributed by atoms with Crippen LogP contribution in [-0.4, -0.2) is 68.6 Å². The van der Waals surface area contributed by atoms with Crippen LogP contribution in [0.2, 0.25) is 0 Å². The second kappa shape index (κ2) is 6.59. The number of hydrogen-bond donors (Lipinski definition) is 2. The average molecular weight is 344 g/mol. The fourth-order valence-electron chi connectivity index (χ4n) is 4.28. The van der Waals surface area contributed by atoms with Crippen molar-refractivity contribution in [1.82, 2.24) is 24.8 Å². The molecular weight excluding hydrogens is 320 g/mol. The van der Waals surface area contributed by atoms with E-state index < -0.39 is 0 Å². The number of carbonyl (C=O) groups is 1. The normalized spacial score (nSPS) is 24.4. The van der Waals surface area contributed by atoms with Crippen LogP contribution < -0.4 is 4.90 Å². The molecule has 134 valence electrons. The van der Waals surface area contributed by atoms with Crippen molar-refractivity contribution < 1.29 is 9.90 Å². The van der Waals surface area contributed by atoms with Crippen LogP contribution in [0.15, 0.2) is 12.7 Å². The van der Waals surface area contributed by atoms with E-state index in [-0.39, 0.29) is 17.9 Å². The topological polar surface area (TPSA) is 98.2 Å². The summed E-state index contributed by atoms with van der Waals surface area (Å²) < 4.78 is 0. The third kappa shape index (κ3) is 3.06. The van der Waals surface area contributed by atoms with Gasteiger partial charge >= 0.3 is 0 Å². The summed E-state index contributed by atoms with van der Waals surface area (Å²) in [5, 5.41) is 9.09. The molecule has 0 unspecified atom stereocenters. The minimum atomic E-state index is 0.110. The second-order valence-electron chi connectivity index (χ2n) is 7.22. The molecule has 0 aliphatic carbocycles. The molecular formula is C17H24N6O2. The van der Waals surface area contributed by atoms with Gasteiger partial charge in [0.1, 0.15) is 11.8 Å². The van der Waals surface area contributed by atoms with Crippen molar-refractivity contribution in [2.45, 2.75) is 32.1 Å². The Bertz CT molecular complexity index is 762. The van der Waals surface area contributed by atoms with Crippen molar-refractivity contribution >= 4 is 22.9 Å². The summed E-state index contributed by atoms with van der Waals surface area (Å²) in [7, 11) is 0. The number of anilines is 1. The summed E-state index contributed by atoms with van der Waals surface area (Å²) in [5.74, 6) is 1.12. The summed E-state index contributed by atoms with van der Waals surface area (Å²) in [6.45, 7) is 3.40. The molecule has 0 bridgehead atoms. The van der Waals surface area contributed by atoms with Gasteiger partial charge in [-0.1, -0.05) is 0 Å². The van der Waals surface area contributed by atoms with Crippen molar-refractivity contribution in [1.29, 1.82) is 0 Å². The lowest BCUT2D eigenvalue weighted by atomic mass is 9.73. The maximum atomic E-state index is 12.2. The minimum Gasteiger partial charge on any atom is -0.396 e. The first kappa shape index (κ1) is 16.3. The van der Waals surface area contributed by atoms with Crippen LogP contribution in [0.25, 0.3) is 11.2 Å². The molecule has 2 aliphatic heterocycles. The van der Waals surface area contributed by atoms with Gasteiger partial charge in [0.05, 0.1) is 6.33 Å². The van der Waals surface area contributed by atoms with Crippen molar-refractivity contribution in [2.24, 2.45) is 5.41 Å². The number of H-pyrrole nitrogens is 1. The van der Waals surface area contributed by atoms with Gasteiger partial charge in [-0.25, -0.2) is 15.0 Å². The lowest BCUT2D eigenvalue weighted by molar-refractivity contribution is -0.138. The Hall–Kier alpha value is -2.22. The minimum absolute atomic E-state index is 0.110. The fraction of sp³-hybridized carbons (Fsp3) is 0.647. The van der Waals surface area contributed by atoms with E-state index in [2.05, 4.69) is 24.8 Å². The van der Waals surface area contributed by atoms with Gasteiger partial charge < -0.3 is 19.9 Å². The number of carbonyl (C=O) groups excluding carboxylic acids is 1. The molecule has 1 amide bonds. The van der Waals surface area contributed by atoms with Crippen LogP contribution in [0.4, 0.5) is 5.82 Å². The van der Waals surface area contributed by atoms with Crippen LogP contribution in [0.3, 0.4) is 0 Å². The number of fused-ring (bicyclic) bond motifs is 1. The Balaban J connectivity index is 1.56. The fourth-order valence-corrected chi connectivity index (χ4v) is 4.28. The first-order chi connectivity index (χ1) is 12.2. The summed E-state index contributed by atoms with van der Waals surface area (Å²) in [4.78, 5) is 32.5. The molecule has 2 N–H and O–H groups in total. The van der Waals surface area contributed by atoms with E-state index in [9.17, 15) is 4.79 Å². The van der Waals surface area contributed by atoms with Crippen LogP contribution in [0, 0.1) is 5.41 Å². The predicted molar refractivity (Wildman–Crippen MR) is 93.1 cm³/mol. The number of aromatic amines is 1. The molecule has 2 aliphatic rings. The van der Waals surface area contributed by atoms with Crippen LogP contribution in [0.5, 0.6) is 0 Å². The Labute approximate surface area is 146 Å². The molecule has 1 atom stereocenters. The zero-order valence-corrected chi connectivity index (χ0v) is 14.3. The molecule has 2 aromatic rings. The molecule has 8 heteroatoms.